The fourth-order valence-electron chi connectivity index (χ4n) is 3.31. The maximum atomic E-state index is 15.7. The Labute approximate surface area is 206 Å². The lowest BCUT2D eigenvalue weighted by molar-refractivity contribution is -0.203. The minimum absolute atomic E-state index is 0.0180. The minimum Gasteiger partial charge on any atom is -0.377 e. The third kappa shape index (κ3) is 5.99. The summed E-state index contributed by atoms with van der Waals surface area (Å²) in [6.45, 7) is -1.24. The smallest absolute Gasteiger partial charge is 0.377 e. The maximum Gasteiger partial charge on any atom is 0.416 e. The van der Waals surface area contributed by atoms with Gasteiger partial charge < -0.3 is 10.9 Å². The number of halogens is 7. The molecule has 2 aromatic carbocycles. The highest BCUT2D eigenvalue weighted by atomic mass is 19.4. The quantitative estimate of drug-likeness (QED) is 0.113. The van der Waals surface area contributed by atoms with Crippen LogP contribution in [0.15, 0.2) is 65.9 Å². The van der Waals surface area contributed by atoms with Gasteiger partial charge in [0.25, 0.3) is 0 Å². The van der Waals surface area contributed by atoms with Crippen LogP contribution in [-0.2, 0) is 17.7 Å². The number of hydrazone groups is 1. The van der Waals surface area contributed by atoms with Gasteiger partial charge in [-0.1, -0.05) is 17.9 Å². The van der Waals surface area contributed by atoms with E-state index in [1.807, 2.05) is 0 Å². The van der Waals surface area contributed by atoms with Gasteiger partial charge in [-0.15, -0.1) is 0 Å². The molecule has 0 fully saturated rings. The van der Waals surface area contributed by atoms with Crippen molar-refractivity contribution >= 4 is 6.34 Å². The van der Waals surface area contributed by atoms with E-state index in [0.717, 1.165) is 18.3 Å². The van der Waals surface area contributed by atoms with E-state index in [-0.39, 0.29) is 11.6 Å². The first-order valence-corrected chi connectivity index (χ1v) is 10.2. The van der Waals surface area contributed by atoms with Crippen LogP contribution in [0.3, 0.4) is 0 Å². The largest absolute Gasteiger partial charge is 0.416 e. The molecule has 0 bridgehead atoms. The van der Waals surface area contributed by atoms with Gasteiger partial charge in [0.05, 0.1) is 12.1 Å². The van der Waals surface area contributed by atoms with Crippen molar-refractivity contribution < 1.29 is 35.8 Å². The SMILES string of the molecule is N/N=C\N(N)CC(O)(c1ccc(C(F)(F)F)cc1F)C(F)(F)c1ccc(C#Cc2ccc(F)cc2)cn1. The molecule has 3 aromatic rings. The van der Waals surface area contributed by atoms with Crippen molar-refractivity contribution in [1.29, 1.82) is 0 Å². The van der Waals surface area contributed by atoms with Gasteiger partial charge in [0.2, 0.25) is 0 Å². The number of hydrogen-bond acceptors (Lipinski definition) is 5. The van der Waals surface area contributed by atoms with Gasteiger partial charge in [0, 0.05) is 22.9 Å². The lowest BCUT2D eigenvalue weighted by Crippen LogP contribution is -2.54. The van der Waals surface area contributed by atoms with Crippen molar-refractivity contribution in [3.8, 4) is 11.8 Å². The summed E-state index contributed by atoms with van der Waals surface area (Å²) in [5.41, 5.74) is -6.59. The number of nitrogens with zero attached hydrogens (tertiary/aromatic N) is 3. The number of aliphatic hydroxyl groups is 1. The van der Waals surface area contributed by atoms with Crippen molar-refractivity contribution in [2.75, 3.05) is 6.54 Å². The molecule has 1 aromatic heterocycles. The van der Waals surface area contributed by atoms with Gasteiger partial charge in [-0.25, -0.2) is 14.6 Å². The highest BCUT2D eigenvalue weighted by molar-refractivity contribution is 5.54. The molecule has 37 heavy (non-hydrogen) atoms. The summed E-state index contributed by atoms with van der Waals surface area (Å²) >= 11 is 0. The second kappa shape index (κ2) is 10.5. The molecule has 0 spiro atoms. The van der Waals surface area contributed by atoms with E-state index >= 15 is 8.78 Å². The summed E-state index contributed by atoms with van der Waals surface area (Å²) in [6, 6.07) is 7.83. The number of alkyl halides is 5. The lowest BCUT2D eigenvalue weighted by Gasteiger charge is -2.38. The summed E-state index contributed by atoms with van der Waals surface area (Å²) < 4.78 is 98.0. The molecule has 194 valence electrons. The van der Waals surface area contributed by atoms with E-state index in [1.165, 1.54) is 24.3 Å². The number of hydrogen-bond donors (Lipinski definition) is 3. The van der Waals surface area contributed by atoms with Crippen LogP contribution in [0.5, 0.6) is 0 Å². The van der Waals surface area contributed by atoms with Crippen molar-refractivity contribution in [2.24, 2.45) is 16.8 Å². The first-order valence-electron chi connectivity index (χ1n) is 10.2. The zero-order valence-electron chi connectivity index (χ0n) is 18.6. The molecule has 0 saturated heterocycles. The number of aromatic nitrogens is 1. The Morgan fingerprint density at radius 1 is 0.946 bits per heavy atom. The molecule has 0 aliphatic carbocycles. The van der Waals surface area contributed by atoms with Crippen LogP contribution in [0.25, 0.3) is 0 Å². The molecule has 1 unspecified atom stereocenters. The second-order valence-corrected chi connectivity index (χ2v) is 7.75. The predicted octanol–water partition coefficient (Wildman–Crippen LogP) is 3.84. The molecule has 0 radical (unpaired) electrons. The van der Waals surface area contributed by atoms with E-state index in [4.69, 9.17) is 11.7 Å². The topological polar surface area (TPSA) is 101 Å². The first kappa shape index (κ1) is 27.4. The van der Waals surface area contributed by atoms with Crippen molar-refractivity contribution in [3.63, 3.8) is 0 Å². The van der Waals surface area contributed by atoms with Gasteiger partial charge in [-0.05, 0) is 48.5 Å². The monoisotopic (exact) mass is 525 g/mol. The Morgan fingerprint density at radius 2 is 1.57 bits per heavy atom. The number of nitrogens with two attached hydrogens (primary N) is 2. The lowest BCUT2D eigenvalue weighted by atomic mass is 9.84. The summed E-state index contributed by atoms with van der Waals surface area (Å²) in [4.78, 5) is 3.62. The van der Waals surface area contributed by atoms with Gasteiger partial charge >= 0.3 is 12.1 Å². The molecule has 1 atom stereocenters. The fourth-order valence-corrected chi connectivity index (χ4v) is 3.31. The molecule has 5 N–H and O–H groups in total. The van der Waals surface area contributed by atoms with E-state index in [9.17, 15) is 27.1 Å². The van der Waals surface area contributed by atoms with Crippen LogP contribution in [0.4, 0.5) is 30.7 Å². The number of rotatable bonds is 6. The molecule has 3 rings (SSSR count). The zero-order valence-corrected chi connectivity index (χ0v) is 18.6. The maximum absolute atomic E-state index is 15.7. The molecule has 1 heterocycles. The summed E-state index contributed by atoms with van der Waals surface area (Å²) in [5.74, 6) is 9.15. The molecule has 0 aliphatic heterocycles. The molecule has 6 nitrogen and oxygen atoms in total. The van der Waals surface area contributed by atoms with Gasteiger partial charge in [-0.2, -0.15) is 27.1 Å². The summed E-state index contributed by atoms with van der Waals surface area (Å²) in [7, 11) is 0. The molecule has 0 amide bonds. The van der Waals surface area contributed by atoms with Crippen molar-refractivity contribution in [2.45, 2.75) is 17.7 Å². The van der Waals surface area contributed by atoms with E-state index in [0.29, 0.717) is 29.0 Å². The molecular weight excluding hydrogens is 507 g/mol. The number of hydrazine groups is 1. The first-order chi connectivity index (χ1) is 17.3. The summed E-state index contributed by atoms with van der Waals surface area (Å²) in [5, 5.41) is 14.5. The molecule has 0 aliphatic rings. The zero-order chi connectivity index (χ0) is 27.4. The van der Waals surface area contributed by atoms with E-state index in [2.05, 4.69) is 21.9 Å². The molecule has 13 heteroatoms. The van der Waals surface area contributed by atoms with Crippen LogP contribution in [0, 0.1) is 23.5 Å². The Bertz CT molecular complexity index is 1330. The normalized spacial score (nSPS) is 13.6. The summed E-state index contributed by atoms with van der Waals surface area (Å²) in [6.07, 6.45) is -3.37. The Morgan fingerprint density at radius 3 is 2.11 bits per heavy atom. The third-order valence-electron chi connectivity index (χ3n) is 5.17. The highest BCUT2D eigenvalue weighted by Crippen LogP contribution is 2.46. The second-order valence-electron chi connectivity index (χ2n) is 7.75. The van der Waals surface area contributed by atoms with E-state index in [1.54, 1.807) is 0 Å². The van der Waals surface area contributed by atoms with Crippen LogP contribution in [-0.4, -0.2) is 28.0 Å². The Balaban J connectivity index is 2.03. The van der Waals surface area contributed by atoms with Crippen molar-refractivity contribution in [1.82, 2.24) is 9.99 Å². The fraction of sp³-hybridized carbons (Fsp3) is 0.167. The van der Waals surface area contributed by atoms with E-state index < -0.39 is 52.7 Å². The van der Waals surface area contributed by atoms with Crippen LogP contribution in [0.2, 0.25) is 0 Å². The van der Waals surface area contributed by atoms with Gasteiger partial charge in [0.15, 0.2) is 5.60 Å². The molecule has 0 saturated carbocycles. The van der Waals surface area contributed by atoms with Crippen LogP contribution < -0.4 is 11.7 Å². The minimum atomic E-state index is -4.96. The molecular formula is C24H18F7N5O. The predicted molar refractivity (Wildman–Crippen MR) is 119 cm³/mol. The van der Waals surface area contributed by atoms with Gasteiger partial charge in [-0.3, -0.25) is 9.99 Å². The highest BCUT2D eigenvalue weighted by Gasteiger charge is 2.58. The van der Waals surface area contributed by atoms with Gasteiger partial charge in [0.1, 0.15) is 23.7 Å². The standard InChI is InChI=1S/C24H18F7N5O/c25-18-7-3-15(4-8-18)1-2-16-5-10-21(34-12-16)23(27,28)22(37,13-36(33)14-35-32)19-9-6-17(11-20(19)26)24(29,30)31/h3-12,14,37H,13,32-33H2/b35-14-. The van der Waals surface area contributed by atoms with Crippen LogP contribution >= 0.6 is 0 Å². The third-order valence-corrected chi connectivity index (χ3v) is 5.17. The Hall–Kier alpha value is -4.15. The Kier molecular flexibility index (Phi) is 7.75. The van der Waals surface area contributed by atoms with Crippen LogP contribution in [0.1, 0.15) is 27.9 Å². The average Bonchev–Trinajstić information content (AvgIpc) is 2.83. The number of pyridine rings is 1. The number of benzene rings is 2. The average molecular weight is 525 g/mol. The van der Waals surface area contributed by atoms with Crippen molar-refractivity contribution in [3.05, 3.63) is 100 Å².